The molecule has 7 nitrogen and oxygen atoms in total. The van der Waals surface area contributed by atoms with E-state index >= 15 is 0 Å². The lowest BCUT2D eigenvalue weighted by molar-refractivity contribution is -0.139. The summed E-state index contributed by atoms with van der Waals surface area (Å²) in [6.45, 7) is -0.431. The van der Waals surface area contributed by atoms with Crippen LogP contribution in [0.25, 0.3) is 11.0 Å². The van der Waals surface area contributed by atoms with Gasteiger partial charge >= 0.3 is 11.9 Å². The Balaban J connectivity index is 1.63. The molecule has 1 amide bonds. The summed E-state index contributed by atoms with van der Waals surface area (Å²) in [6.07, 6.45) is 1.45. The maximum absolute atomic E-state index is 12.1. The SMILES string of the molecule is O=C(O)COc1ccc(/C=N\NC(=O)c2cc3ccccc3o2)cc1Br. The van der Waals surface area contributed by atoms with E-state index in [0.717, 1.165) is 5.39 Å². The van der Waals surface area contributed by atoms with E-state index in [-0.39, 0.29) is 5.76 Å². The second kappa shape index (κ2) is 7.83. The highest BCUT2D eigenvalue weighted by Gasteiger charge is 2.11. The molecule has 132 valence electrons. The average molecular weight is 417 g/mol. The third-order valence-corrected chi connectivity index (χ3v) is 3.96. The number of ether oxygens (including phenoxy) is 1. The van der Waals surface area contributed by atoms with E-state index < -0.39 is 18.5 Å². The smallest absolute Gasteiger partial charge is 0.341 e. The summed E-state index contributed by atoms with van der Waals surface area (Å²) in [7, 11) is 0. The Morgan fingerprint density at radius 3 is 2.77 bits per heavy atom. The van der Waals surface area contributed by atoms with Crippen LogP contribution in [0.15, 0.2) is 62.5 Å². The highest BCUT2D eigenvalue weighted by Crippen LogP contribution is 2.25. The van der Waals surface area contributed by atoms with Gasteiger partial charge in [0, 0.05) is 5.39 Å². The van der Waals surface area contributed by atoms with Crippen molar-refractivity contribution in [3.8, 4) is 5.75 Å². The Hall–Kier alpha value is -3.13. The first-order valence-electron chi connectivity index (χ1n) is 7.49. The summed E-state index contributed by atoms with van der Waals surface area (Å²) in [5.74, 6) is -0.952. The second-order valence-corrected chi connectivity index (χ2v) is 6.07. The third kappa shape index (κ3) is 4.28. The topological polar surface area (TPSA) is 101 Å². The molecule has 2 aromatic carbocycles. The normalized spacial score (nSPS) is 11.0. The van der Waals surface area contributed by atoms with Crippen LogP contribution in [-0.2, 0) is 4.79 Å². The number of fused-ring (bicyclic) bond motifs is 1. The minimum absolute atomic E-state index is 0.168. The highest BCUT2D eigenvalue weighted by molar-refractivity contribution is 9.10. The van der Waals surface area contributed by atoms with Crippen molar-refractivity contribution in [1.29, 1.82) is 0 Å². The lowest BCUT2D eigenvalue weighted by Gasteiger charge is -2.06. The van der Waals surface area contributed by atoms with E-state index in [0.29, 0.717) is 21.4 Å². The largest absolute Gasteiger partial charge is 0.481 e. The van der Waals surface area contributed by atoms with Gasteiger partial charge in [-0.25, -0.2) is 10.2 Å². The summed E-state index contributed by atoms with van der Waals surface area (Å²) < 4.78 is 11.1. The van der Waals surface area contributed by atoms with E-state index in [9.17, 15) is 9.59 Å². The van der Waals surface area contributed by atoms with Gasteiger partial charge < -0.3 is 14.3 Å². The van der Waals surface area contributed by atoms with Crippen molar-refractivity contribution in [2.45, 2.75) is 0 Å². The molecule has 0 saturated heterocycles. The van der Waals surface area contributed by atoms with Crippen LogP contribution in [0.4, 0.5) is 0 Å². The van der Waals surface area contributed by atoms with E-state index in [4.69, 9.17) is 14.3 Å². The molecular weight excluding hydrogens is 404 g/mol. The monoisotopic (exact) mass is 416 g/mol. The molecule has 0 bridgehead atoms. The molecule has 1 aromatic heterocycles. The van der Waals surface area contributed by atoms with Gasteiger partial charge in [-0.15, -0.1) is 0 Å². The lowest BCUT2D eigenvalue weighted by Crippen LogP contribution is -2.16. The Kier molecular flexibility index (Phi) is 5.33. The summed E-state index contributed by atoms with van der Waals surface area (Å²) in [4.78, 5) is 22.6. The van der Waals surface area contributed by atoms with Crippen molar-refractivity contribution < 1.29 is 23.8 Å². The van der Waals surface area contributed by atoms with Gasteiger partial charge in [0.15, 0.2) is 12.4 Å². The van der Waals surface area contributed by atoms with Crippen LogP contribution in [0.2, 0.25) is 0 Å². The molecule has 0 saturated carbocycles. The molecule has 0 aliphatic carbocycles. The van der Waals surface area contributed by atoms with Gasteiger partial charge in [0.25, 0.3) is 0 Å². The van der Waals surface area contributed by atoms with E-state index in [1.54, 1.807) is 30.3 Å². The standard InChI is InChI=1S/C18H13BrN2O5/c19-13-7-11(5-6-15(13)25-10-17(22)23)9-20-21-18(24)16-8-12-3-1-2-4-14(12)26-16/h1-9H,10H2,(H,21,24)(H,22,23)/b20-9-. The average Bonchev–Trinajstić information content (AvgIpc) is 3.05. The van der Waals surface area contributed by atoms with Crippen molar-refractivity contribution in [3.05, 3.63) is 64.3 Å². The predicted octanol–water partition coefficient (Wildman–Crippen LogP) is 3.42. The number of para-hydroxylation sites is 1. The fourth-order valence-corrected chi connectivity index (χ4v) is 2.68. The number of nitrogens with one attached hydrogen (secondary N) is 1. The number of halogens is 1. The van der Waals surface area contributed by atoms with Gasteiger partial charge in [-0.2, -0.15) is 5.10 Å². The minimum atomic E-state index is -1.06. The van der Waals surface area contributed by atoms with E-state index in [1.807, 2.05) is 18.2 Å². The molecule has 3 aromatic rings. The molecule has 0 radical (unpaired) electrons. The fourth-order valence-electron chi connectivity index (χ4n) is 2.17. The molecule has 8 heteroatoms. The number of aliphatic carboxylic acids is 1. The number of carboxylic acid groups (broad SMARTS) is 1. The van der Waals surface area contributed by atoms with Crippen LogP contribution in [-0.4, -0.2) is 29.8 Å². The van der Waals surface area contributed by atoms with Crippen LogP contribution in [0.1, 0.15) is 16.1 Å². The number of hydrazone groups is 1. The number of rotatable bonds is 6. The number of benzene rings is 2. The summed E-state index contributed by atoms with van der Waals surface area (Å²) in [6, 6.07) is 13.9. The molecule has 0 aliphatic heterocycles. The first-order valence-corrected chi connectivity index (χ1v) is 8.28. The number of carboxylic acids is 1. The zero-order valence-corrected chi connectivity index (χ0v) is 14.9. The van der Waals surface area contributed by atoms with Crippen LogP contribution in [0, 0.1) is 0 Å². The number of furan rings is 1. The number of hydrogen-bond donors (Lipinski definition) is 2. The van der Waals surface area contributed by atoms with E-state index in [1.165, 1.54) is 6.21 Å². The Morgan fingerprint density at radius 1 is 1.23 bits per heavy atom. The summed E-state index contributed by atoms with van der Waals surface area (Å²) >= 11 is 3.29. The second-order valence-electron chi connectivity index (χ2n) is 5.22. The maximum Gasteiger partial charge on any atom is 0.341 e. The Labute approximate surface area is 156 Å². The van der Waals surface area contributed by atoms with Crippen molar-refractivity contribution >= 4 is 45.0 Å². The fraction of sp³-hybridized carbons (Fsp3) is 0.0556. The van der Waals surface area contributed by atoms with Crippen molar-refractivity contribution in [2.75, 3.05) is 6.61 Å². The van der Waals surface area contributed by atoms with Gasteiger partial charge in [0.1, 0.15) is 11.3 Å². The molecule has 26 heavy (non-hydrogen) atoms. The highest BCUT2D eigenvalue weighted by atomic mass is 79.9. The Morgan fingerprint density at radius 2 is 2.04 bits per heavy atom. The van der Waals surface area contributed by atoms with Crippen LogP contribution >= 0.6 is 15.9 Å². The van der Waals surface area contributed by atoms with E-state index in [2.05, 4.69) is 26.5 Å². The molecule has 0 fully saturated rings. The van der Waals surface area contributed by atoms with Gasteiger partial charge in [0.2, 0.25) is 0 Å². The lowest BCUT2D eigenvalue weighted by atomic mass is 10.2. The van der Waals surface area contributed by atoms with Gasteiger partial charge in [-0.1, -0.05) is 18.2 Å². The predicted molar refractivity (Wildman–Crippen MR) is 98.5 cm³/mol. The number of carbonyl (C=O) groups excluding carboxylic acids is 1. The number of nitrogens with zero attached hydrogens (tertiary/aromatic N) is 1. The molecule has 0 aliphatic rings. The first-order chi connectivity index (χ1) is 12.5. The molecule has 2 N–H and O–H groups in total. The minimum Gasteiger partial charge on any atom is -0.481 e. The molecule has 3 rings (SSSR count). The zero-order valence-electron chi connectivity index (χ0n) is 13.3. The van der Waals surface area contributed by atoms with Crippen LogP contribution in [0.5, 0.6) is 5.75 Å². The molecule has 0 spiro atoms. The van der Waals surface area contributed by atoms with Gasteiger partial charge in [-0.05, 0) is 51.8 Å². The first kappa shape index (κ1) is 17.7. The number of carbonyl (C=O) groups is 2. The van der Waals surface area contributed by atoms with Crippen molar-refractivity contribution in [1.82, 2.24) is 5.43 Å². The van der Waals surface area contributed by atoms with Gasteiger partial charge in [-0.3, -0.25) is 4.79 Å². The van der Waals surface area contributed by atoms with Crippen LogP contribution in [0.3, 0.4) is 0 Å². The molecule has 0 unspecified atom stereocenters. The van der Waals surface area contributed by atoms with Crippen molar-refractivity contribution in [3.63, 3.8) is 0 Å². The maximum atomic E-state index is 12.1. The Bertz CT molecular complexity index is 963. The van der Waals surface area contributed by atoms with Crippen LogP contribution < -0.4 is 10.2 Å². The summed E-state index contributed by atoms with van der Waals surface area (Å²) in [5.41, 5.74) is 3.71. The van der Waals surface area contributed by atoms with Crippen molar-refractivity contribution in [2.24, 2.45) is 5.10 Å². The molecule has 1 heterocycles. The third-order valence-electron chi connectivity index (χ3n) is 3.34. The molecule has 0 atom stereocenters. The molecular formula is C18H13BrN2O5. The summed E-state index contributed by atoms with van der Waals surface area (Å²) in [5, 5.41) is 13.3. The number of amides is 1. The quantitative estimate of drug-likeness (QED) is 0.473. The van der Waals surface area contributed by atoms with Gasteiger partial charge in [0.05, 0.1) is 10.7 Å². The number of hydrogen-bond acceptors (Lipinski definition) is 5. The zero-order chi connectivity index (χ0) is 18.5.